The van der Waals surface area contributed by atoms with Gasteiger partial charge in [-0.15, -0.1) is 0 Å². The molecule has 5 heteroatoms. The lowest BCUT2D eigenvalue weighted by Gasteiger charge is -2.13. The highest BCUT2D eigenvalue weighted by molar-refractivity contribution is 6.31. The summed E-state index contributed by atoms with van der Waals surface area (Å²) in [5, 5.41) is 1.29. The number of rotatable bonds is 6. The number of carbonyl (C=O) groups excluding carboxylic acids is 2. The smallest absolute Gasteiger partial charge is 0.282 e. The molecule has 31 heavy (non-hydrogen) atoms. The standard InChI is InChI=1S/C26H27N3O2/c1-4-5-9-20-12-14-22(15-13-20)28-18(2)16-21(19(28)3)17-24-25(30)27-29(26(24)31)23-10-7-6-8-11-23/h6-8,10-17H,4-5,9H2,1-3H3,(H,27,30). The van der Waals surface area contributed by atoms with Gasteiger partial charge in [0.2, 0.25) is 0 Å². The van der Waals surface area contributed by atoms with E-state index in [1.54, 1.807) is 18.2 Å². The fourth-order valence-electron chi connectivity index (χ4n) is 4.00. The maximum Gasteiger partial charge on any atom is 0.282 e. The molecule has 0 aliphatic carbocycles. The van der Waals surface area contributed by atoms with Crippen LogP contribution in [0.1, 0.15) is 42.3 Å². The average molecular weight is 414 g/mol. The van der Waals surface area contributed by atoms with Crippen LogP contribution in [0.25, 0.3) is 11.8 Å². The number of nitrogens with zero attached hydrogens (tertiary/aromatic N) is 2. The Morgan fingerprint density at radius 3 is 2.32 bits per heavy atom. The summed E-state index contributed by atoms with van der Waals surface area (Å²) in [5.74, 6) is -0.736. The normalized spacial score (nSPS) is 15.1. The predicted octanol–water partition coefficient (Wildman–Crippen LogP) is 4.90. The van der Waals surface area contributed by atoms with Gasteiger partial charge >= 0.3 is 0 Å². The van der Waals surface area contributed by atoms with Crippen molar-refractivity contribution in [2.24, 2.45) is 0 Å². The van der Waals surface area contributed by atoms with E-state index in [4.69, 9.17) is 0 Å². The molecule has 0 bridgehead atoms. The third-order valence-electron chi connectivity index (χ3n) is 5.69. The number of hydrogen-bond acceptors (Lipinski definition) is 2. The van der Waals surface area contributed by atoms with Crippen molar-refractivity contribution in [3.8, 4) is 5.69 Å². The first-order chi connectivity index (χ1) is 15.0. The average Bonchev–Trinajstić information content (AvgIpc) is 3.23. The summed E-state index contributed by atoms with van der Waals surface area (Å²) in [6.07, 6.45) is 5.15. The number of anilines is 1. The molecule has 0 atom stereocenters. The highest BCUT2D eigenvalue weighted by Gasteiger charge is 2.34. The number of carbonyl (C=O) groups is 2. The number of aryl methyl sites for hydroxylation is 2. The van der Waals surface area contributed by atoms with Crippen LogP contribution in [-0.4, -0.2) is 16.4 Å². The monoisotopic (exact) mass is 413 g/mol. The summed E-state index contributed by atoms with van der Waals surface area (Å²) in [6.45, 7) is 6.24. The van der Waals surface area contributed by atoms with Crippen LogP contribution in [0.4, 0.5) is 5.69 Å². The summed E-state index contributed by atoms with van der Waals surface area (Å²) < 4.78 is 2.16. The van der Waals surface area contributed by atoms with Crippen LogP contribution in [0.15, 0.2) is 66.2 Å². The highest BCUT2D eigenvalue weighted by Crippen LogP contribution is 2.26. The fourth-order valence-corrected chi connectivity index (χ4v) is 4.00. The van der Waals surface area contributed by atoms with Gasteiger partial charge in [-0.3, -0.25) is 15.0 Å². The van der Waals surface area contributed by atoms with Crippen molar-refractivity contribution >= 4 is 23.6 Å². The Hall–Kier alpha value is -3.60. The molecule has 1 aliphatic heterocycles. The molecule has 2 heterocycles. The molecular formula is C26H27N3O2. The van der Waals surface area contributed by atoms with Crippen LogP contribution in [0.5, 0.6) is 0 Å². The second-order valence-corrected chi connectivity index (χ2v) is 7.91. The lowest BCUT2D eigenvalue weighted by molar-refractivity contribution is -0.117. The molecule has 1 fully saturated rings. The molecule has 2 amide bonds. The summed E-state index contributed by atoms with van der Waals surface area (Å²) in [5.41, 5.74) is 8.75. The highest BCUT2D eigenvalue weighted by atomic mass is 16.2. The maximum absolute atomic E-state index is 12.9. The summed E-state index contributed by atoms with van der Waals surface area (Å²) in [7, 11) is 0. The molecule has 3 aromatic rings. The fraction of sp³-hybridized carbons (Fsp3) is 0.231. The Balaban J connectivity index is 1.64. The summed E-state index contributed by atoms with van der Waals surface area (Å²) >= 11 is 0. The van der Waals surface area contributed by atoms with Crippen LogP contribution in [0, 0.1) is 13.8 Å². The van der Waals surface area contributed by atoms with Crippen LogP contribution in [0.3, 0.4) is 0 Å². The minimum absolute atomic E-state index is 0.138. The van der Waals surface area contributed by atoms with Gasteiger partial charge in [0, 0.05) is 17.1 Å². The van der Waals surface area contributed by atoms with Crippen molar-refractivity contribution in [2.75, 3.05) is 5.01 Å². The zero-order valence-electron chi connectivity index (χ0n) is 18.2. The van der Waals surface area contributed by atoms with Crippen molar-refractivity contribution in [1.82, 2.24) is 9.99 Å². The van der Waals surface area contributed by atoms with Crippen LogP contribution in [0.2, 0.25) is 0 Å². The summed E-state index contributed by atoms with van der Waals surface area (Å²) in [6, 6.07) is 19.7. The first-order valence-corrected chi connectivity index (χ1v) is 10.7. The minimum Gasteiger partial charge on any atom is -0.318 e. The van der Waals surface area contributed by atoms with Gasteiger partial charge in [0.1, 0.15) is 5.57 Å². The van der Waals surface area contributed by atoms with Crippen molar-refractivity contribution in [1.29, 1.82) is 0 Å². The predicted molar refractivity (Wildman–Crippen MR) is 124 cm³/mol. The Bertz CT molecular complexity index is 1140. The quantitative estimate of drug-likeness (QED) is 0.462. The van der Waals surface area contributed by atoms with Gasteiger partial charge in [0.25, 0.3) is 11.8 Å². The van der Waals surface area contributed by atoms with E-state index in [2.05, 4.69) is 41.2 Å². The summed E-state index contributed by atoms with van der Waals surface area (Å²) in [4.78, 5) is 25.4. The van der Waals surface area contributed by atoms with Gasteiger partial charge in [-0.2, -0.15) is 0 Å². The van der Waals surface area contributed by atoms with Gasteiger partial charge < -0.3 is 4.57 Å². The Kier molecular flexibility index (Phi) is 5.76. The molecule has 0 unspecified atom stereocenters. The zero-order valence-corrected chi connectivity index (χ0v) is 18.2. The molecular weight excluding hydrogens is 386 g/mol. The van der Waals surface area contributed by atoms with E-state index in [0.29, 0.717) is 5.69 Å². The van der Waals surface area contributed by atoms with E-state index in [1.165, 1.54) is 23.4 Å². The number of unbranched alkanes of at least 4 members (excludes halogenated alkanes) is 1. The molecule has 1 N–H and O–H groups in total. The molecule has 1 saturated heterocycles. The molecule has 2 aromatic carbocycles. The number of aromatic nitrogens is 1. The topological polar surface area (TPSA) is 54.3 Å². The number of benzene rings is 2. The van der Waals surface area contributed by atoms with E-state index in [1.807, 2.05) is 38.1 Å². The van der Waals surface area contributed by atoms with Gasteiger partial charge in [0.05, 0.1) is 5.69 Å². The van der Waals surface area contributed by atoms with Crippen molar-refractivity contribution < 1.29 is 9.59 Å². The van der Waals surface area contributed by atoms with E-state index in [-0.39, 0.29) is 17.4 Å². The van der Waals surface area contributed by atoms with Crippen molar-refractivity contribution in [3.05, 3.63) is 88.8 Å². The second kappa shape index (κ2) is 8.64. The number of nitrogens with one attached hydrogen (secondary N) is 1. The van der Waals surface area contributed by atoms with Crippen LogP contribution < -0.4 is 10.4 Å². The molecule has 4 rings (SSSR count). The number of hydrazine groups is 1. The first kappa shape index (κ1) is 20.7. The number of amides is 2. The molecule has 1 aromatic heterocycles. The largest absolute Gasteiger partial charge is 0.318 e. The second-order valence-electron chi connectivity index (χ2n) is 7.91. The van der Waals surface area contributed by atoms with E-state index < -0.39 is 0 Å². The van der Waals surface area contributed by atoms with E-state index in [0.717, 1.165) is 29.1 Å². The van der Waals surface area contributed by atoms with E-state index in [9.17, 15) is 9.59 Å². The molecule has 0 saturated carbocycles. The van der Waals surface area contributed by atoms with Crippen molar-refractivity contribution in [2.45, 2.75) is 40.0 Å². The molecule has 1 aliphatic rings. The van der Waals surface area contributed by atoms with Crippen LogP contribution >= 0.6 is 0 Å². The molecule has 5 nitrogen and oxygen atoms in total. The number of para-hydroxylation sites is 1. The third kappa shape index (κ3) is 4.04. The van der Waals surface area contributed by atoms with E-state index >= 15 is 0 Å². The molecule has 158 valence electrons. The Labute approximate surface area is 183 Å². The SMILES string of the molecule is CCCCc1ccc(-n2c(C)cc(C=C3C(=O)NN(c4ccccc4)C3=O)c2C)cc1. The third-order valence-corrected chi connectivity index (χ3v) is 5.69. The van der Waals surface area contributed by atoms with Crippen LogP contribution in [-0.2, 0) is 16.0 Å². The number of hydrogen-bond donors (Lipinski definition) is 1. The van der Waals surface area contributed by atoms with Gasteiger partial charge in [-0.25, -0.2) is 5.01 Å². The van der Waals surface area contributed by atoms with Gasteiger partial charge in [0.15, 0.2) is 0 Å². The van der Waals surface area contributed by atoms with Gasteiger partial charge in [-0.1, -0.05) is 43.7 Å². The maximum atomic E-state index is 12.9. The zero-order chi connectivity index (χ0) is 22.0. The molecule has 0 radical (unpaired) electrons. The lowest BCUT2D eigenvalue weighted by Crippen LogP contribution is -2.35. The first-order valence-electron chi connectivity index (χ1n) is 10.7. The Morgan fingerprint density at radius 1 is 0.935 bits per heavy atom. The lowest BCUT2D eigenvalue weighted by atomic mass is 10.1. The van der Waals surface area contributed by atoms with Gasteiger partial charge in [-0.05, 0) is 74.2 Å². The minimum atomic E-state index is -0.390. The van der Waals surface area contributed by atoms with Crippen molar-refractivity contribution in [3.63, 3.8) is 0 Å². The Morgan fingerprint density at radius 2 is 1.65 bits per heavy atom. The molecule has 0 spiro atoms.